The average molecular weight is 228 g/mol. The molecule has 5 N–H and O–H groups in total. The van der Waals surface area contributed by atoms with Gasteiger partial charge in [-0.15, -0.1) is 0 Å². The normalized spacial score (nSPS) is 8.69. The lowest BCUT2D eigenvalue weighted by Gasteiger charge is -1.97. The fourth-order valence-electron chi connectivity index (χ4n) is 0.694. The summed E-state index contributed by atoms with van der Waals surface area (Å²) < 4.78 is 0. The molecular formula is C10H20N4O2. The molecule has 0 saturated carbocycles. The zero-order chi connectivity index (χ0) is 13.1. The lowest BCUT2D eigenvalue weighted by molar-refractivity contribution is -0.116. The zero-order valence-electron chi connectivity index (χ0n) is 10.0. The minimum absolute atomic E-state index is 0.0625. The van der Waals surface area contributed by atoms with Crippen molar-refractivity contribution >= 4 is 23.1 Å². The molecule has 0 spiro atoms. The highest BCUT2D eigenvalue weighted by molar-refractivity contribution is 5.97. The molecule has 0 atom stereocenters. The van der Waals surface area contributed by atoms with Crippen molar-refractivity contribution in [2.45, 2.75) is 27.2 Å². The Balaban J connectivity index is 0. The van der Waals surface area contributed by atoms with Crippen LogP contribution in [0.4, 0.5) is 0 Å². The SMILES string of the molecule is CC(=N)CNCC(C)=O.CC(=O)CC(=N)N. The van der Waals surface area contributed by atoms with Crippen molar-refractivity contribution in [2.75, 3.05) is 13.1 Å². The number of carbonyl (C=O) groups excluding carboxylic acids is 2. The van der Waals surface area contributed by atoms with E-state index in [0.717, 1.165) is 0 Å². The van der Waals surface area contributed by atoms with Crippen molar-refractivity contribution in [3.05, 3.63) is 0 Å². The van der Waals surface area contributed by atoms with E-state index in [1.807, 2.05) is 0 Å². The van der Waals surface area contributed by atoms with Crippen molar-refractivity contribution in [2.24, 2.45) is 5.73 Å². The quantitative estimate of drug-likeness (QED) is 0.381. The molecule has 0 fully saturated rings. The van der Waals surface area contributed by atoms with E-state index < -0.39 is 0 Å². The molecule has 0 rings (SSSR count). The number of rotatable bonds is 6. The summed E-state index contributed by atoms with van der Waals surface area (Å²) in [6, 6.07) is 0. The summed E-state index contributed by atoms with van der Waals surface area (Å²) in [5.41, 5.74) is 5.41. The fourth-order valence-corrected chi connectivity index (χ4v) is 0.694. The summed E-state index contributed by atoms with van der Waals surface area (Å²) in [6.07, 6.45) is 0.0833. The number of carbonyl (C=O) groups is 2. The summed E-state index contributed by atoms with van der Waals surface area (Å²) in [5.74, 6) is -0.0174. The van der Waals surface area contributed by atoms with Gasteiger partial charge in [0.05, 0.1) is 18.8 Å². The molecule has 6 heteroatoms. The van der Waals surface area contributed by atoms with Crippen LogP contribution in [0, 0.1) is 10.8 Å². The monoisotopic (exact) mass is 228 g/mol. The van der Waals surface area contributed by atoms with Crippen LogP contribution in [0.25, 0.3) is 0 Å². The molecule has 0 unspecified atom stereocenters. The third-order valence-electron chi connectivity index (χ3n) is 1.20. The van der Waals surface area contributed by atoms with Crippen LogP contribution in [0.15, 0.2) is 0 Å². The number of nitrogens with two attached hydrogens (primary N) is 1. The van der Waals surface area contributed by atoms with Crippen molar-refractivity contribution < 1.29 is 9.59 Å². The lowest BCUT2D eigenvalue weighted by Crippen LogP contribution is -2.25. The van der Waals surface area contributed by atoms with Crippen LogP contribution < -0.4 is 11.1 Å². The van der Waals surface area contributed by atoms with Crippen LogP contribution in [0.2, 0.25) is 0 Å². The van der Waals surface area contributed by atoms with Crippen molar-refractivity contribution in [3.8, 4) is 0 Å². The van der Waals surface area contributed by atoms with Gasteiger partial charge in [0.25, 0.3) is 0 Å². The summed E-state index contributed by atoms with van der Waals surface area (Å²) >= 11 is 0. The number of amidine groups is 1. The van der Waals surface area contributed by atoms with Gasteiger partial charge in [0, 0.05) is 12.3 Å². The lowest BCUT2D eigenvalue weighted by atomic mass is 10.3. The second-order valence-corrected chi connectivity index (χ2v) is 3.49. The van der Waals surface area contributed by atoms with Gasteiger partial charge in [-0.2, -0.15) is 0 Å². The summed E-state index contributed by atoms with van der Waals surface area (Å²) in [4.78, 5) is 20.3. The van der Waals surface area contributed by atoms with Gasteiger partial charge in [-0.25, -0.2) is 0 Å². The minimum atomic E-state index is -0.0625. The number of hydrogen-bond acceptors (Lipinski definition) is 5. The van der Waals surface area contributed by atoms with Crippen molar-refractivity contribution in [1.29, 1.82) is 10.8 Å². The Morgan fingerprint density at radius 1 is 1.06 bits per heavy atom. The topological polar surface area (TPSA) is 120 Å². The second kappa shape index (κ2) is 9.97. The number of ketones is 2. The summed E-state index contributed by atoms with van der Waals surface area (Å²) in [6.45, 7) is 5.51. The Morgan fingerprint density at radius 2 is 1.56 bits per heavy atom. The molecule has 0 aliphatic carbocycles. The third kappa shape index (κ3) is 22.9. The van der Waals surface area contributed by atoms with Gasteiger partial charge in [-0.1, -0.05) is 0 Å². The maximum Gasteiger partial charge on any atom is 0.143 e. The average Bonchev–Trinajstić information content (AvgIpc) is 2.00. The fraction of sp³-hybridized carbons (Fsp3) is 0.600. The molecular weight excluding hydrogens is 208 g/mol. The largest absolute Gasteiger partial charge is 0.387 e. The van der Waals surface area contributed by atoms with E-state index >= 15 is 0 Å². The summed E-state index contributed by atoms with van der Waals surface area (Å²) in [5, 5.41) is 16.4. The van der Waals surface area contributed by atoms with Gasteiger partial charge < -0.3 is 16.5 Å². The number of Topliss-reactive ketones (excluding diaryl/α,β-unsaturated/α-hetero) is 2. The molecule has 0 aliphatic rings. The predicted octanol–water partition coefficient (Wildman–Crippen LogP) is 0.106. The van der Waals surface area contributed by atoms with E-state index in [2.05, 4.69) is 5.32 Å². The third-order valence-corrected chi connectivity index (χ3v) is 1.20. The number of nitrogens with one attached hydrogen (secondary N) is 3. The molecule has 16 heavy (non-hydrogen) atoms. The zero-order valence-corrected chi connectivity index (χ0v) is 10.0. The van der Waals surface area contributed by atoms with E-state index in [9.17, 15) is 9.59 Å². The molecule has 0 aromatic carbocycles. The Labute approximate surface area is 95.6 Å². The second-order valence-electron chi connectivity index (χ2n) is 3.49. The highest BCUT2D eigenvalue weighted by Gasteiger charge is 1.92. The van der Waals surface area contributed by atoms with Crippen LogP contribution in [0.3, 0.4) is 0 Å². The molecule has 0 aromatic heterocycles. The summed E-state index contributed by atoms with van der Waals surface area (Å²) in [7, 11) is 0. The standard InChI is InChI=1S/C6H12N2O.C4H8N2O/c1-5(7)3-8-4-6(2)9;1-3(7)2-4(5)6/h7-8H,3-4H2,1-2H3;2H2,1H3,(H3,5,6). The first kappa shape index (κ1) is 16.9. The minimum Gasteiger partial charge on any atom is -0.387 e. The maximum atomic E-state index is 10.3. The predicted molar refractivity (Wildman–Crippen MR) is 64.2 cm³/mol. The van der Waals surface area contributed by atoms with Crippen LogP contribution in [-0.2, 0) is 9.59 Å². The highest BCUT2D eigenvalue weighted by Crippen LogP contribution is 1.75. The van der Waals surface area contributed by atoms with E-state index in [1.165, 1.54) is 13.8 Å². The molecule has 0 aliphatic heterocycles. The Kier molecular flexibility index (Phi) is 10.5. The molecule has 0 bridgehead atoms. The van der Waals surface area contributed by atoms with Gasteiger partial charge in [-0.05, 0) is 20.8 Å². The Bertz CT molecular complexity index is 248. The van der Waals surface area contributed by atoms with E-state index in [0.29, 0.717) is 18.8 Å². The molecule has 0 aromatic rings. The first-order valence-electron chi connectivity index (χ1n) is 4.82. The number of hydrogen-bond donors (Lipinski definition) is 4. The molecule has 6 nitrogen and oxygen atoms in total. The van der Waals surface area contributed by atoms with Crippen LogP contribution in [0.1, 0.15) is 27.2 Å². The van der Waals surface area contributed by atoms with Crippen molar-refractivity contribution in [3.63, 3.8) is 0 Å². The van der Waals surface area contributed by atoms with Gasteiger partial charge >= 0.3 is 0 Å². The first-order valence-corrected chi connectivity index (χ1v) is 4.82. The van der Waals surface area contributed by atoms with E-state index in [4.69, 9.17) is 16.6 Å². The molecule has 0 saturated heterocycles. The smallest absolute Gasteiger partial charge is 0.143 e. The molecule has 92 valence electrons. The molecule has 0 heterocycles. The maximum absolute atomic E-state index is 10.3. The van der Waals surface area contributed by atoms with Crippen LogP contribution in [0.5, 0.6) is 0 Å². The highest BCUT2D eigenvalue weighted by atomic mass is 16.1. The molecule has 0 amide bonds. The first-order chi connectivity index (χ1) is 7.25. The van der Waals surface area contributed by atoms with Crippen LogP contribution >= 0.6 is 0 Å². The van der Waals surface area contributed by atoms with E-state index in [1.54, 1.807) is 6.92 Å². The van der Waals surface area contributed by atoms with Gasteiger partial charge in [0.2, 0.25) is 0 Å². The van der Waals surface area contributed by atoms with Gasteiger partial charge in [0.1, 0.15) is 11.6 Å². The molecule has 0 radical (unpaired) electrons. The van der Waals surface area contributed by atoms with Gasteiger partial charge in [-0.3, -0.25) is 15.0 Å². The van der Waals surface area contributed by atoms with Crippen molar-refractivity contribution in [1.82, 2.24) is 5.32 Å². The Morgan fingerprint density at radius 3 is 1.75 bits per heavy atom. The Hall–Kier alpha value is -1.56. The van der Waals surface area contributed by atoms with E-state index in [-0.39, 0.29) is 23.8 Å². The van der Waals surface area contributed by atoms with Gasteiger partial charge in [0.15, 0.2) is 0 Å². The van der Waals surface area contributed by atoms with Crippen LogP contribution in [-0.4, -0.2) is 36.2 Å².